The molecule has 1 heterocycles. The lowest BCUT2D eigenvalue weighted by molar-refractivity contribution is -0.0441. The fourth-order valence-corrected chi connectivity index (χ4v) is 3.15. The van der Waals surface area contributed by atoms with Crippen molar-refractivity contribution < 1.29 is 14.3 Å². The number of ketones is 1. The Kier molecular flexibility index (Phi) is 4.48. The number of rotatable bonds is 4. The Bertz CT molecular complexity index is 440. The third-order valence-corrected chi connectivity index (χ3v) is 4.33. The van der Waals surface area contributed by atoms with Crippen LogP contribution in [-0.4, -0.2) is 19.0 Å². The fraction of sp³-hybridized carbons (Fsp3) is 0.588. The van der Waals surface area contributed by atoms with Gasteiger partial charge in [0, 0.05) is 17.5 Å². The predicted octanol–water partition coefficient (Wildman–Crippen LogP) is 3.89. The summed E-state index contributed by atoms with van der Waals surface area (Å²) >= 11 is 0. The minimum Gasteiger partial charge on any atom is -0.346 e. The van der Waals surface area contributed by atoms with Crippen molar-refractivity contribution in [2.75, 3.05) is 13.2 Å². The van der Waals surface area contributed by atoms with E-state index in [0.29, 0.717) is 25.6 Å². The molecule has 0 N–H and O–H groups in total. The maximum Gasteiger partial charge on any atom is 0.184 e. The fourth-order valence-electron chi connectivity index (χ4n) is 3.15. The Morgan fingerprint density at radius 2 is 1.65 bits per heavy atom. The molecule has 0 atom stereocenters. The van der Waals surface area contributed by atoms with Crippen LogP contribution in [0.15, 0.2) is 24.3 Å². The van der Waals surface area contributed by atoms with Gasteiger partial charge in [0.15, 0.2) is 12.1 Å². The van der Waals surface area contributed by atoms with E-state index >= 15 is 0 Å². The van der Waals surface area contributed by atoms with E-state index in [0.717, 1.165) is 11.1 Å². The zero-order chi connectivity index (χ0) is 13.8. The summed E-state index contributed by atoms with van der Waals surface area (Å²) in [5.41, 5.74) is 1.81. The third-order valence-electron chi connectivity index (χ3n) is 4.33. The lowest BCUT2D eigenvalue weighted by atomic mass is 9.85. The molecule has 0 radical (unpaired) electrons. The van der Waals surface area contributed by atoms with Gasteiger partial charge in [0.05, 0.1) is 13.2 Å². The van der Waals surface area contributed by atoms with Gasteiger partial charge in [0.25, 0.3) is 0 Å². The molecule has 1 saturated carbocycles. The molecule has 2 fully saturated rings. The Hall–Kier alpha value is -1.19. The van der Waals surface area contributed by atoms with Crippen molar-refractivity contribution >= 4 is 5.78 Å². The number of carbonyl (C=O) groups excluding carboxylic acids is 1. The number of Topliss-reactive ketones (excluding diaryl/α,β-unsaturated/α-hetero) is 1. The van der Waals surface area contributed by atoms with Crippen molar-refractivity contribution in [1.29, 1.82) is 0 Å². The molecule has 1 aliphatic carbocycles. The van der Waals surface area contributed by atoms with E-state index in [1.54, 1.807) is 0 Å². The molecule has 3 rings (SSSR count). The van der Waals surface area contributed by atoms with Crippen molar-refractivity contribution in [3.63, 3.8) is 0 Å². The molecule has 0 aromatic heterocycles. The second-order valence-electron chi connectivity index (χ2n) is 5.83. The van der Waals surface area contributed by atoms with Crippen molar-refractivity contribution in [2.45, 2.75) is 44.8 Å². The van der Waals surface area contributed by atoms with E-state index in [9.17, 15) is 4.79 Å². The van der Waals surface area contributed by atoms with Gasteiger partial charge in [0.2, 0.25) is 0 Å². The molecule has 3 heteroatoms. The van der Waals surface area contributed by atoms with Crippen molar-refractivity contribution in [1.82, 2.24) is 0 Å². The van der Waals surface area contributed by atoms with Gasteiger partial charge in [-0.05, 0) is 5.92 Å². The standard InChI is InChI=1S/C17H22O3/c18-16(12-13-4-2-1-3-5-13)14-6-8-15(9-7-14)17-19-10-11-20-17/h6-9,13,17H,1-5,10-12H2. The van der Waals surface area contributed by atoms with Gasteiger partial charge in [0.1, 0.15) is 0 Å². The predicted molar refractivity (Wildman–Crippen MR) is 76.6 cm³/mol. The van der Waals surface area contributed by atoms with Crippen LogP contribution in [0.5, 0.6) is 0 Å². The van der Waals surface area contributed by atoms with Crippen LogP contribution in [0, 0.1) is 5.92 Å². The van der Waals surface area contributed by atoms with Crippen LogP contribution in [0.4, 0.5) is 0 Å². The van der Waals surface area contributed by atoms with Gasteiger partial charge in [-0.1, -0.05) is 56.4 Å². The summed E-state index contributed by atoms with van der Waals surface area (Å²) in [6.45, 7) is 1.29. The lowest BCUT2D eigenvalue weighted by Crippen LogP contribution is -2.12. The van der Waals surface area contributed by atoms with E-state index in [1.165, 1.54) is 32.1 Å². The Morgan fingerprint density at radius 1 is 1.00 bits per heavy atom. The van der Waals surface area contributed by atoms with E-state index < -0.39 is 0 Å². The summed E-state index contributed by atoms with van der Waals surface area (Å²) in [4.78, 5) is 12.3. The number of hydrogen-bond donors (Lipinski definition) is 0. The number of hydrogen-bond acceptors (Lipinski definition) is 3. The molecule has 2 aliphatic rings. The van der Waals surface area contributed by atoms with Gasteiger partial charge in [-0.3, -0.25) is 4.79 Å². The molecule has 1 aromatic rings. The lowest BCUT2D eigenvalue weighted by Gasteiger charge is -2.20. The first kappa shape index (κ1) is 13.8. The van der Waals surface area contributed by atoms with Gasteiger partial charge < -0.3 is 9.47 Å². The molecular weight excluding hydrogens is 252 g/mol. The van der Waals surface area contributed by atoms with E-state index in [-0.39, 0.29) is 12.1 Å². The highest BCUT2D eigenvalue weighted by atomic mass is 16.7. The highest BCUT2D eigenvalue weighted by Crippen LogP contribution is 2.28. The molecular formula is C17H22O3. The normalized spacial score (nSPS) is 21.2. The van der Waals surface area contributed by atoms with Crippen molar-refractivity contribution in [3.05, 3.63) is 35.4 Å². The summed E-state index contributed by atoms with van der Waals surface area (Å²) in [7, 11) is 0. The molecule has 108 valence electrons. The number of carbonyl (C=O) groups is 1. The third kappa shape index (κ3) is 3.28. The average molecular weight is 274 g/mol. The topological polar surface area (TPSA) is 35.5 Å². The van der Waals surface area contributed by atoms with Crippen LogP contribution in [0.3, 0.4) is 0 Å². The second kappa shape index (κ2) is 6.51. The van der Waals surface area contributed by atoms with Crippen molar-refractivity contribution in [3.8, 4) is 0 Å². The SMILES string of the molecule is O=C(CC1CCCCC1)c1ccc(C2OCCO2)cc1. The smallest absolute Gasteiger partial charge is 0.184 e. The highest BCUT2D eigenvalue weighted by Gasteiger charge is 2.20. The zero-order valence-electron chi connectivity index (χ0n) is 11.8. The Morgan fingerprint density at radius 3 is 2.30 bits per heavy atom. The van der Waals surface area contributed by atoms with Crippen molar-refractivity contribution in [2.24, 2.45) is 5.92 Å². The van der Waals surface area contributed by atoms with Crippen LogP contribution >= 0.6 is 0 Å². The number of ether oxygens (including phenoxy) is 2. The van der Waals surface area contributed by atoms with Crippen LogP contribution in [0.25, 0.3) is 0 Å². The molecule has 0 spiro atoms. The summed E-state index contributed by atoms with van der Waals surface area (Å²) in [6, 6.07) is 7.71. The highest BCUT2D eigenvalue weighted by molar-refractivity contribution is 5.96. The first-order chi connectivity index (χ1) is 9.83. The van der Waals surface area contributed by atoms with E-state index in [4.69, 9.17) is 9.47 Å². The first-order valence-corrected chi connectivity index (χ1v) is 7.69. The first-order valence-electron chi connectivity index (χ1n) is 7.69. The van der Waals surface area contributed by atoms with Gasteiger partial charge in [-0.25, -0.2) is 0 Å². The molecule has 20 heavy (non-hydrogen) atoms. The summed E-state index contributed by atoms with van der Waals surface area (Å²) in [5.74, 6) is 0.870. The molecule has 1 aliphatic heterocycles. The summed E-state index contributed by atoms with van der Waals surface area (Å²) in [6.07, 6.45) is 6.79. The Labute approximate surface area is 120 Å². The van der Waals surface area contributed by atoms with Crippen LogP contribution < -0.4 is 0 Å². The van der Waals surface area contributed by atoms with Gasteiger partial charge >= 0.3 is 0 Å². The molecule has 3 nitrogen and oxygen atoms in total. The maximum absolute atomic E-state index is 12.3. The van der Waals surface area contributed by atoms with Crippen LogP contribution in [0.2, 0.25) is 0 Å². The zero-order valence-corrected chi connectivity index (χ0v) is 11.8. The number of benzene rings is 1. The molecule has 0 amide bonds. The average Bonchev–Trinajstić information content (AvgIpc) is 3.03. The van der Waals surface area contributed by atoms with Crippen LogP contribution in [-0.2, 0) is 9.47 Å². The van der Waals surface area contributed by atoms with E-state index in [2.05, 4.69) is 0 Å². The largest absolute Gasteiger partial charge is 0.346 e. The quantitative estimate of drug-likeness (QED) is 0.781. The Balaban J connectivity index is 1.59. The van der Waals surface area contributed by atoms with Crippen LogP contribution in [0.1, 0.15) is 60.7 Å². The molecule has 1 aromatic carbocycles. The van der Waals surface area contributed by atoms with E-state index in [1.807, 2.05) is 24.3 Å². The summed E-state index contributed by atoms with van der Waals surface area (Å²) < 4.78 is 10.9. The minimum atomic E-state index is -0.252. The molecule has 0 unspecified atom stereocenters. The molecule has 1 saturated heterocycles. The monoisotopic (exact) mass is 274 g/mol. The molecule has 0 bridgehead atoms. The van der Waals surface area contributed by atoms with Gasteiger partial charge in [-0.2, -0.15) is 0 Å². The minimum absolute atomic E-state index is 0.252. The maximum atomic E-state index is 12.3. The second-order valence-corrected chi connectivity index (χ2v) is 5.83. The summed E-state index contributed by atoms with van der Waals surface area (Å²) in [5, 5.41) is 0. The van der Waals surface area contributed by atoms with Gasteiger partial charge in [-0.15, -0.1) is 0 Å².